The minimum atomic E-state index is 0.130. The SMILES string of the molecule is NNC(Cc1c(Cl)cccc1Cl)CC1CCCO1. The first-order chi connectivity index (χ1) is 8.70. The largest absolute Gasteiger partial charge is 0.378 e. The summed E-state index contributed by atoms with van der Waals surface area (Å²) in [6, 6.07) is 5.68. The Balaban J connectivity index is 2.00. The third kappa shape index (κ3) is 3.59. The summed E-state index contributed by atoms with van der Waals surface area (Å²) in [7, 11) is 0. The highest BCUT2D eigenvalue weighted by Crippen LogP contribution is 2.27. The van der Waals surface area contributed by atoms with Gasteiger partial charge in [-0.1, -0.05) is 29.3 Å². The third-order valence-corrected chi connectivity index (χ3v) is 4.03. The molecule has 1 aliphatic rings. The molecular formula is C13H18Cl2N2O. The Morgan fingerprint density at radius 2 is 2.11 bits per heavy atom. The van der Waals surface area contributed by atoms with Gasteiger partial charge in [-0.15, -0.1) is 0 Å². The second-order valence-electron chi connectivity index (χ2n) is 4.64. The van der Waals surface area contributed by atoms with E-state index in [-0.39, 0.29) is 6.04 Å². The van der Waals surface area contributed by atoms with Gasteiger partial charge in [0, 0.05) is 22.7 Å². The summed E-state index contributed by atoms with van der Waals surface area (Å²) in [5, 5.41) is 1.38. The average molecular weight is 289 g/mol. The maximum atomic E-state index is 6.16. The molecule has 5 heteroatoms. The first kappa shape index (κ1) is 14.1. The summed E-state index contributed by atoms with van der Waals surface area (Å²) in [5.41, 5.74) is 3.78. The minimum Gasteiger partial charge on any atom is -0.378 e. The molecule has 0 radical (unpaired) electrons. The van der Waals surface area contributed by atoms with Crippen molar-refractivity contribution in [1.82, 2.24) is 5.43 Å². The summed E-state index contributed by atoms with van der Waals surface area (Å²) in [6.07, 6.45) is 4.14. The lowest BCUT2D eigenvalue weighted by Crippen LogP contribution is -2.39. The molecule has 18 heavy (non-hydrogen) atoms. The molecule has 100 valence electrons. The normalized spacial score (nSPS) is 21.2. The first-order valence-electron chi connectivity index (χ1n) is 6.21. The lowest BCUT2D eigenvalue weighted by Gasteiger charge is -2.20. The Hall–Kier alpha value is -0.320. The molecule has 1 aromatic carbocycles. The van der Waals surface area contributed by atoms with Crippen molar-refractivity contribution in [2.45, 2.75) is 37.8 Å². The van der Waals surface area contributed by atoms with E-state index in [4.69, 9.17) is 33.8 Å². The quantitative estimate of drug-likeness (QED) is 0.647. The number of nitrogens with one attached hydrogen (secondary N) is 1. The zero-order chi connectivity index (χ0) is 13.0. The fraction of sp³-hybridized carbons (Fsp3) is 0.538. The van der Waals surface area contributed by atoms with Crippen LogP contribution < -0.4 is 11.3 Å². The van der Waals surface area contributed by atoms with E-state index in [0.717, 1.165) is 37.9 Å². The van der Waals surface area contributed by atoms with Crippen molar-refractivity contribution in [1.29, 1.82) is 0 Å². The Morgan fingerprint density at radius 3 is 2.67 bits per heavy atom. The molecular weight excluding hydrogens is 271 g/mol. The lowest BCUT2D eigenvalue weighted by atomic mass is 10.00. The summed E-state index contributed by atoms with van der Waals surface area (Å²) in [5.74, 6) is 5.61. The molecule has 2 unspecified atom stereocenters. The number of rotatable bonds is 5. The molecule has 0 saturated carbocycles. The van der Waals surface area contributed by atoms with E-state index < -0.39 is 0 Å². The molecule has 3 N–H and O–H groups in total. The molecule has 1 aromatic rings. The number of hydrogen-bond donors (Lipinski definition) is 2. The van der Waals surface area contributed by atoms with Crippen LogP contribution in [0.1, 0.15) is 24.8 Å². The number of halogens is 2. The second kappa shape index (κ2) is 6.73. The van der Waals surface area contributed by atoms with Crippen LogP contribution in [0.4, 0.5) is 0 Å². The minimum absolute atomic E-state index is 0.130. The highest BCUT2D eigenvalue weighted by molar-refractivity contribution is 6.35. The van der Waals surface area contributed by atoms with Crippen LogP contribution in [0.3, 0.4) is 0 Å². The fourth-order valence-corrected chi connectivity index (χ4v) is 2.88. The molecule has 2 atom stereocenters. The number of hydrazine groups is 1. The number of hydrogen-bond acceptors (Lipinski definition) is 3. The van der Waals surface area contributed by atoms with Crippen molar-refractivity contribution in [3.63, 3.8) is 0 Å². The first-order valence-corrected chi connectivity index (χ1v) is 6.97. The van der Waals surface area contributed by atoms with Crippen molar-refractivity contribution < 1.29 is 4.74 Å². The molecule has 0 aromatic heterocycles. The van der Waals surface area contributed by atoms with E-state index in [1.54, 1.807) is 0 Å². The van der Waals surface area contributed by atoms with Crippen LogP contribution in [0.2, 0.25) is 10.0 Å². The molecule has 0 bridgehead atoms. The summed E-state index contributed by atoms with van der Waals surface area (Å²) >= 11 is 12.3. The molecule has 0 aliphatic carbocycles. The monoisotopic (exact) mass is 288 g/mol. The van der Waals surface area contributed by atoms with Gasteiger partial charge in [0.2, 0.25) is 0 Å². The van der Waals surface area contributed by atoms with E-state index in [9.17, 15) is 0 Å². The number of ether oxygens (including phenoxy) is 1. The van der Waals surface area contributed by atoms with E-state index in [0.29, 0.717) is 16.1 Å². The summed E-state index contributed by atoms with van der Waals surface area (Å²) in [4.78, 5) is 0. The fourth-order valence-electron chi connectivity index (χ4n) is 2.33. The molecule has 1 heterocycles. The van der Waals surface area contributed by atoms with Crippen LogP contribution in [0, 0.1) is 0 Å². The van der Waals surface area contributed by atoms with Gasteiger partial charge in [0.05, 0.1) is 6.10 Å². The topological polar surface area (TPSA) is 47.3 Å². The number of benzene rings is 1. The highest BCUT2D eigenvalue weighted by Gasteiger charge is 2.21. The van der Waals surface area contributed by atoms with Gasteiger partial charge >= 0.3 is 0 Å². The molecule has 1 fully saturated rings. The van der Waals surface area contributed by atoms with Crippen molar-refractivity contribution in [2.75, 3.05) is 6.61 Å². The maximum absolute atomic E-state index is 6.16. The third-order valence-electron chi connectivity index (χ3n) is 3.32. The number of nitrogens with two attached hydrogens (primary N) is 1. The molecule has 1 aliphatic heterocycles. The van der Waals surface area contributed by atoms with Crippen molar-refractivity contribution >= 4 is 23.2 Å². The predicted octanol–water partition coefficient (Wildman–Crippen LogP) is 2.94. The standard InChI is InChI=1S/C13H18Cl2N2O/c14-12-4-1-5-13(15)11(12)8-9(17-16)7-10-3-2-6-18-10/h1,4-5,9-10,17H,2-3,6-8,16H2. The molecule has 1 saturated heterocycles. The maximum Gasteiger partial charge on any atom is 0.0591 e. The van der Waals surface area contributed by atoms with Gasteiger partial charge in [-0.3, -0.25) is 11.3 Å². The van der Waals surface area contributed by atoms with Crippen LogP contribution in [-0.4, -0.2) is 18.8 Å². The van der Waals surface area contributed by atoms with Crippen LogP contribution in [-0.2, 0) is 11.2 Å². The van der Waals surface area contributed by atoms with Gasteiger partial charge in [-0.25, -0.2) is 0 Å². The molecule has 0 spiro atoms. The van der Waals surface area contributed by atoms with Crippen LogP contribution >= 0.6 is 23.2 Å². The molecule has 3 nitrogen and oxygen atoms in total. The second-order valence-corrected chi connectivity index (χ2v) is 5.45. The van der Waals surface area contributed by atoms with Gasteiger partial charge in [0.25, 0.3) is 0 Å². The Morgan fingerprint density at radius 1 is 1.39 bits per heavy atom. The zero-order valence-corrected chi connectivity index (χ0v) is 11.7. The van der Waals surface area contributed by atoms with Gasteiger partial charge in [-0.05, 0) is 43.4 Å². The predicted molar refractivity (Wildman–Crippen MR) is 74.9 cm³/mol. The molecule has 0 amide bonds. The average Bonchev–Trinajstić information content (AvgIpc) is 2.85. The summed E-state index contributed by atoms with van der Waals surface area (Å²) < 4.78 is 5.62. The Bertz CT molecular complexity index is 374. The Kier molecular flexibility index (Phi) is 5.27. The van der Waals surface area contributed by atoms with Gasteiger partial charge in [-0.2, -0.15) is 0 Å². The smallest absolute Gasteiger partial charge is 0.0591 e. The van der Waals surface area contributed by atoms with E-state index in [2.05, 4.69) is 5.43 Å². The van der Waals surface area contributed by atoms with E-state index in [1.165, 1.54) is 0 Å². The van der Waals surface area contributed by atoms with Crippen LogP contribution in [0.15, 0.2) is 18.2 Å². The van der Waals surface area contributed by atoms with Gasteiger partial charge < -0.3 is 4.74 Å². The van der Waals surface area contributed by atoms with Gasteiger partial charge in [0.15, 0.2) is 0 Å². The van der Waals surface area contributed by atoms with E-state index in [1.807, 2.05) is 18.2 Å². The summed E-state index contributed by atoms with van der Waals surface area (Å²) in [6.45, 7) is 0.856. The van der Waals surface area contributed by atoms with Crippen molar-refractivity contribution in [3.05, 3.63) is 33.8 Å². The van der Waals surface area contributed by atoms with Crippen LogP contribution in [0.5, 0.6) is 0 Å². The van der Waals surface area contributed by atoms with Gasteiger partial charge in [0.1, 0.15) is 0 Å². The zero-order valence-electron chi connectivity index (χ0n) is 10.2. The van der Waals surface area contributed by atoms with Crippen molar-refractivity contribution in [3.8, 4) is 0 Å². The van der Waals surface area contributed by atoms with Crippen LogP contribution in [0.25, 0.3) is 0 Å². The highest BCUT2D eigenvalue weighted by atomic mass is 35.5. The molecule has 2 rings (SSSR count). The lowest BCUT2D eigenvalue weighted by molar-refractivity contribution is 0.0946. The van der Waals surface area contributed by atoms with E-state index >= 15 is 0 Å². The Labute approximate surface area is 118 Å². The van der Waals surface area contributed by atoms with Crippen molar-refractivity contribution in [2.24, 2.45) is 5.84 Å².